The van der Waals surface area contributed by atoms with Crippen molar-refractivity contribution in [3.8, 4) is 0 Å². The normalized spacial score (nSPS) is 23.9. The molecule has 1 N–H and O–H groups in total. The fraction of sp³-hybridized carbons (Fsp3) is 0.429. The van der Waals surface area contributed by atoms with Crippen LogP contribution in [0.2, 0.25) is 19.6 Å². The molecule has 0 saturated carbocycles. The summed E-state index contributed by atoms with van der Waals surface area (Å²) in [6.07, 6.45) is 1.90. The molecule has 0 atom stereocenters. The van der Waals surface area contributed by atoms with Gasteiger partial charge in [0.1, 0.15) is 0 Å². The zero-order valence-electron chi connectivity index (χ0n) is 8.46. The van der Waals surface area contributed by atoms with Crippen LogP contribution in [0, 0.1) is 0 Å². The van der Waals surface area contributed by atoms with E-state index in [1.165, 1.54) is 0 Å². The first-order chi connectivity index (χ1) is 6.60. The molecule has 14 heavy (non-hydrogen) atoms. The van der Waals surface area contributed by atoms with Gasteiger partial charge in [-0.1, -0.05) is 0 Å². The Morgan fingerprint density at radius 3 is 2.43 bits per heavy atom. The van der Waals surface area contributed by atoms with Crippen LogP contribution in [0.4, 0.5) is 0 Å². The highest BCUT2D eigenvalue weighted by atomic mass is 28.5. The second kappa shape index (κ2) is 3.76. The molecule has 1 aliphatic rings. The van der Waals surface area contributed by atoms with Crippen molar-refractivity contribution in [1.82, 2.24) is 4.98 Å². The number of hydrogen-bond donors (Lipinski definition) is 1. The van der Waals surface area contributed by atoms with E-state index in [4.69, 9.17) is 12.3 Å². The Kier molecular flexibility index (Phi) is 2.77. The molecule has 1 aromatic heterocycles. The number of H-pyrrole nitrogens is 1. The Morgan fingerprint density at radius 2 is 1.93 bits per heavy atom. The van der Waals surface area contributed by atoms with Gasteiger partial charge in [0.2, 0.25) is 0 Å². The monoisotopic (exact) mass is 243 g/mol. The van der Waals surface area contributed by atoms with Crippen LogP contribution < -0.4 is 5.32 Å². The number of hydrogen-bond acceptors (Lipinski definition) is 3. The van der Waals surface area contributed by atoms with Gasteiger partial charge >= 0.3 is 27.1 Å². The Labute approximate surface area is 88.1 Å². The smallest absolute Gasteiger partial charge is 0.368 e. The molecule has 0 unspecified atom stereocenters. The summed E-state index contributed by atoms with van der Waals surface area (Å²) in [6, 6.07) is 4.00. The first-order valence-corrected chi connectivity index (χ1v) is 10.4. The van der Waals surface area contributed by atoms with Crippen LogP contribution in [0.25, 0.3) is 0 Å². The first-order valence-electron chi connectivity index (χ1n) is 4.47. The van der Waals surface area contributed by atoms with Crippen molar-refractivity contribution in [3.05, 3.63) is 18.3 Å². The molecule has 1 aromatic rings. The van der Waals surface area contributed by atoms with E-state index in [0.29, 0.717) is 0 Å². The van der Waals surface area contributed by atoms with Gasteiger partial charge in [-0.3, -0.25) is 0 Å². The van der Waals surface area contributed by atoms with Crippen molar-refractivity contribution < 1.29 is 12.3 Å². The summed E-state index contributed by atoms with van der Waals surface area (Å²) in [7, 11) is -4.40. The molecule has 0 aromatic carbocycles. The molecule has 1 fully saturated rings. The highest BCUT2D eigenvalue weighted by Gasteiger charge is 2.44. The van der Waals surface area contributed by atoms with E-state index in [9.17, 15) is 0 Å². The molecule has 2 rings (SSSR count). The lowest BCUT2D eigenvalue weighted by atomic mass is 10.7. The molecule has 2 radical (unpaired) electrons. The summed E-state index contributed by atoms with van der Waals surface area (Å²) < 4.78 is 17.3. The Morgan fingerprint density at radius 1 is 1.29 bits per heavy atom. The first kappa shape index (κ1) is 10.3. The van der Waals surface area contributed by atoms with Crippen molar-refractivity contribution in [2.45, 2.75) is 19.6 Å². The SMILES string of the molecule is C[Si]1O[Si](C)O[Si](C)(c2ccc[nH]2)O1. The molecule has 0 bridgehead atoms. The molecule has 76 valence electrons. The van der Waals surface area contributed by atoms with Gasteiger partial charge in [0.25, 0.3) is 0 Å². The average Bonchev–Trinajstić information content (AvgIpc) is 2.52. The van der Waals surface area contributed by atoms with Crippen molar-refractivity contribution >= 4 is 32.4 Å². The molecule has 1 saturated heterocycles. The van der Waals surface area contributed by atoms with E-state index >= 15 is 0 Å². The van der Waals surface area contributed by atoms with Gasteiger partial charge in [-0.05, 0) is 31.8 Å². The van der Waals surface area contributed by atoms with Crippen LogP contribution in [-0.2, 0) is 12.3 Å². The number of rotatable bonds is 1. The van der Waals surface area contributed by atoms with Gasteiger partial charge < -0.3 is 17.3 Å². The van der Waals surface area contributed by atoms with E-state index in [-0.39, 0.29) is 0 Å². The van der Waals surface area contributed by atoms with Crippen LogP contribution in [0.15, 0.2) is 18.3 Å². The van der Waals surface area contributed by atoms with Crippen LogP contribution in [0.3, 0.4) is 0 Å². The maximum atomic E-state index is 5.88. The second-order valence-corrected chi connectivity index (χ2v) is 10.2. The lowest BCUT2D eigenvalue weighted by Crippen LogP contribution is -2.62. The van der Waals surface area contributed by atoms with Crippen molar-refractivity contribution in [2.75, 3.05) is 0 Å². The minimum Gasteiger partial charge on any atom is -0.414 e. The van der Waals surface area contributed by atoms with E-state index in [2.05, 4.69) is 11.5 Å². The third-order valence-electron chi connectivity index (χ3n) is 2.05. The van der Waals surface area contributed by atoms with Gasteiger partial charge in [-0.15, -0.1) is 0 Å². The zero-order chi connectivity index (χ0) is 10.2. The summed E-state index contributed by atoms with van der Waals surface area (Å²) >= 11 is 0. The molecule has 7 heteroatoms. The third-order valence-corrected chi connectivity index (χ3v) is 11.1. The van der Waals surface area contributed by atoms with Gasteiger partial charge in [0.05, 0.1) is 5.32 Å². The number of nitrogens with one attached hydrogen (secondary N) is 1. The summed E-state index contributed by atoms with van der Waals surface area (Å²) in [5, 5.41) is 1.09. The van der Waals surface area contributed by atoms with Gasteiger partial charge in [0.15, 0.2) is 0 Å². The van der Waals surface area contributed by atoms with Crippen LogP contribution in [0.5, 0.6) is 0 Å². The van der Waals surface area contributed by atoms with Gasteiger partial charge in [-0.25, -0.2) is 0 Å². The molecule has 0 amide bonds. The van der Waals surface area contributed by atoms with E-state index in [1.54, 1.807) is 0 Å². The Balaban J connectivity index is 2.22. The van der Waals surface area contributed by atoms with E-state index in [0.717, 1.165) is 5.32 Å². The summed E-state index contributed by atoms with van der Waals surface area (Å²) in [6.45, 7) is 6.12. The zero-order valence-corrected chi connectivity index (χ0v) is 11.5. The lowest BCUT2D eigenvalue weighted by Gasteiger charge is -2.36. The molecule has 0 aliphatic carbocycles. The van der Waals surface area contributed by atoms with Gasteiger partial charge in [-0.2, -0.15) is 0 Å². The minimum atomic E-state index is -2.18. The third kappa shape index (κ3) is 1.92. The van der Waals surface area contributed by atoms with E-state index < -0.39 is 27.1 Å². The predicted molar refractivity (Wildman–Crippen MR) is 58.5 cm³/mol. The van der Waals surface area contributed by atoms with E-state index in [1.807, 2.05) is 31.4 Å². The maximum Gasteiger partial charge on any atom is 0.368 e. The number of aromatic amines is 1. The predicted octanol–water partition coefficient (Wildman–Crippen LogP) is 0.593. The topological polar surface area (TPSA) is 43.5 Å². The van der Waals surface area contributed by atoms with Crippen molar-refractivity contribution in [1.29, 1.82) is 0 Å². The average molecular weight is 243 g/mol. The number of aromatic nitrogens is 1. The molecule has 0 spiro atoms. The largest absolute Gasteiger partial charge is 0.414 e. The van der Waals surface area contributed by atoms with Crippen LogP contribution in [0.1, 0.15) is 0 Å². The molecular weight excluding hydrogens is 230 g/mol. The molecule has 1 aliphatic heterocycles. The summed E-state index contributed by atoms with van der Waals surface area (Å²) in [5.74, 6) is 0. The maximum absolute atomic E-state index is 5.88. The molecular formula is C7H13NO3Si3. The summed E-state index contributed by atoms with van der Waals surface area (Å²) in [4.78, 5) is 3.18. The van der Waals surface area contributed by atoms with Gasteiger partial charge in [0, 0.05) is 6.20 Å². The fourth-order valence-corrected chi connectivity index (χ4v) is 10.8. The Hall–Kier alpha value is -0.189. The molecule has 4 nitrogen and oxygen atoms in total. The second-order valence-electron chi connectivity index (χ2n) is 3.32. The summed E-state index contributed by atoms with van der Waals surface area (Å²) in [5.41, 5.74) is 0. The minimum absolute atomic E-state index is 1.09. The fourth-order valence-electron chi connectivity index (χ4n) is 1.54. The van der Waals surface area contributed by atoms with Crippen molar-refractivity contribution in [2.24, 2.45) is 0 Å². The Bertz CT molecular complexity index is 295. The highest BCUT2D eigenvalue weighted by Crippen LogP contribution is 2.17. The standard InChI is InChI=1S/C7H13NO3Si3/c1-12-9-13(2)11-14(3,10-12)7-5-4-6-8-7/h4-6,8H,1-3H3. The quantitative estimate of drug-likeness (QED) is 0.734. The van der Waals surface area contributed by atoms with Crippen LogP contribution in [-0.4, -0.2) is 32.1 Å². The lowest BCUT2D eigenvalue weighted by molar-refractivity contribution is 0.279. The highest BCUT2D eigenvalue weighted by molar-refractivity contribution is 6.90. The van der Waals surface area contributed by atoms with Crippen molar-refractivity contribution in [3.63, 3.8) is 0 Å². The molecule has 2 heterocycles. The van der Waals surface area contributed by atoms with Crippen LogP contribution >= 0.6 is 0 Å².